The lowest BCUT2D eigenvalue weighted by molar-refractivity contribution is -0.131. The van der Waals surface area contributed by atoms with E-state index in [1.165, 1.54) is 6.07 Å². The van der Waals surface area contributed by atoms with E-state index in [-0.39, 0.29) is 17.6 Å². The smallest absolute Gasteiger partial charge is 0.225 e. The number of ether oxygens (including phenoxy) is 1. The fourth-order valence-electron chi connectivity index (χ4n) is 4.37. The van der Waals surface area contributed by atoms with Gasteiger partial charge in [0, 0.05) is 25.6 Å². The number of hydrogen-bond acceptors (Lipinski definition) is 4. The van der Waals surface area contributed by atoms with Gasteiger partial charge in [0.1, 0.15) is 17.9 Å². The summed E-state index contributed by atoms with van der Waals surface area (Å²) in [4.78, 5) is 14.3. The molecule has 8 heteroatoms. The van der Waals surface area contributed by atoms with Crippen LogP contribution in [0.3, 0.4) is 0 Å². The summed E-state index contributed by atoms with van der Waals surface area (Å²) in [7, 11) is 1.56. The average Bonchev–Trinajstić information content (AvgIpc) is 3.38. The lowest BCUT2D eigenvalue weighted by atomic mass is 10.0. The molecule has 0 spiro atoms. The highest BCUT2D eigenvalue weighted by atomic mass is 35.5. The Balaban J connectivity index is 1.33. The molecular weight excluding hydrogens is 431 g/mol. The molecule has 0 radical (unpaired) electrons. The summed E-state index contributed by atoms with van der Waals surface area (Å²) in [5.74, 6) is 1.54. The minimum Gasteiger partial charge on any atom is -0.495 e. The number of likely N-dealkylation sites (tertiary alicyclic amines) is 1. The highest BCUT2D eigenvalue weighted by Crippen LogP contribution is 2.34. The van der Waals surface area contributed by atoms with Crippen LogP contribution in [0.1, 0.15) is 19.3 Å². The molecule has 0 N–H and O–H groups in total. The minimum absolute atomic E-state index is 0.243. The zero-order valence-electron chi connectivity index (χ0n) is 17.8. The first-order valence-electron chi connectivity index (χ1n) is 10.8. The first-order valence-corrected chi connectivity index (χ1v) is 11.2. The second-order valence-electron chi connectivity index (χ2n) is 8.56. The van der Waals surface area contributed by atoms with Crippen LogP contribution in [0.5, 0.6) is 5.75 Å². The highest BCUT2D eigenvalue weighted by molar-refractivity contribution is 6.32. The van der Waals surface area contributed by atoms with E-state index in [4.69, 9.17) is 16.3 Å². The van der Waals surface area contributed by atoms with Crippen LogP contribution in [-0.2, 0) is 11.3 Å². The summed E-state index contributed by atoms with van der Waals surface area (Å²) in [5.41, 5.74) is 1.91. The van der Waals surface area contributed by atoms with E-state index in [9.17, 15) is 4.79 Å². The number of amides is 1. The van der Waals surface area contributed by atoms with Gasteiger partial charge in [-0.2, -0.15) is 0 Å². The monoisotopic (exact) mass is 454 g/mol. The molecule has 2 aromatic carbocycles. The molecule has 6 nitrogen and oxygen atoms in total. The molecule has 1 amide bonds. The Kier molecular flexibility index (Phi) is 5.59. The van der Waals surface area contributed by atoms with Crippen molar-refractivity contribution in [1.82, 2.24) is 19.7 Å². The van der Waals surface area contributed by atoms with Crippen molar-refractivity contribution in [2.24, 2.45) is 11.8 Å². The van der Waals surface area contributed by atoms with Gasteiger partial charge in [-0.1, -0.05) is 23.7 Å². The van der Waals surface area contributed by atoms with E-state index in [2.05, 4.69) is 10.2 Å². The van der Waals surface area contributed by atoms with Crippen molar-refractivity contribution in [3.05, 3.63) is 53.6 Å². The number of benzene rings is 2. The molecule has 166 valence electrons. The molecule has 1 aliphatic heterocycles. The zero-order valence-corrected chi connectivity index (χ0v) is 18.6. The molecule has 0 unspecified atom stereocenters. The normalized spacial score (nSPS) is 18.2. The van der Waals surface area contributed by atoms with Crippen molar-refractivity contribution in [1.29, 1.82) is 0 Å². The zero-order chi connectivity index (χ0) is 22.2. The Morgan fingerprint density at radius 1 is 1.19 bits per heavy atom. The first kappa shape index (κ1) is 20.9. The van der Waals surface area contributed by atoms with Crippen LogP contribution in [0.4, 0.5) is 4.39 Å². The van der Waals surface area contributed by atoms with Crippen LogP contribution in [0.2, 0.25) is 5.02 Å². The van der Waals surface area contributed by atoms with Crippen LogP contribution in [-0.4, -0.2) is 45.8 Å². The molecule has 2 heterocycles. The number of carbonyl (C=O) groups is 1. The van der Waals surface area contributed by atoms with E-state index in [0.717, 1.165) is 37.9 Å². The second-order valence-corrected chi connectivity index (χ2v) is 8.97. The number of carbonyl (C=O) groups excluding carboxylic acids is 1. The predicted molar refractivity (Wildman–Crippen MR) is 120 cm³/mol. The number of nitrogens with zero attached hydrogens (tertiary/aromatic N) is 4. The van der Waals surface area contributed by atoms with Crippen LogP contribution in [0.25, 0.3) is 22.5 Å². The van der Waals surface area contributed by atoms with Gasteiger partial charge in [-0.05, 0) is 60.6 Å². The fourth-order valence-corrected chi connectivity index (χ4v) is 4.63. The van der Waals surface area contributed by atoms with Gasteiger partial charge in [-0.3, -0.25) is 4.79 Å². The SMILES string of the molecule is COc1ccc(-c2ccc(-c3nncn3C[C@H]3CCN(C(=O)C4CC4)C3)c(F)c2)cc1Cl. The van der Waals surface area contributed by atoms with E-state index in [1.54, 1.807) is 31.6 Å². The third-order valence-corrected chi connectivity index (χ3v) is 6.59. The third-order valence-electron chi connectivity index (χ3n) is 6.29. The molecule has 0 bridgehead atoms. The largest absolute Gasteiger partial charge is 0.495 e. The fraction of sp³-hybridized carbons (Fsp3) is 0.375. The summed E-state index contributed by atoms with van der Waals surface area (Å²) in [6.45, 7) is 2.20. The van der Waals surface area contributed by atoms with E-state index >= 15 is 4.39 Å². The number of halogens is 2. The van der Waals surface area contributed by atoms with Crippen molar-refractivity contribution in [2.75, 3.05) is 20.2 Å². The molecular formula is C24H24ClFN4O2. The quantitative estimate of drug-likeness (QED) is 0.543. The van der Waals surface area contributed by atoms with Gasteiger partial charge in [0.15, 0.2) is 5.82 Å². The lowest BCUT2D eigenvalue weighted by Crippen LogP contribution is -2.30. The standard InChI is InChI=1S/C24H24ClFN4O2/c1-32-22-7-5-17(10-20(22)25)18-4-6-19(21(26)11-18)23-28-27-14-30(23)13-15-8-9-29(12-15)24(31)16-2-3-16/h4-7,10-11,14-16H,2-3,8-9,12-13H2,1H3/t15-/m0/s1. The van der Waals surface area contributed by atoms with Crippen LogP contribution in [0.15, 0.2) is 42.7 Å². The van der Waals surface area contributed by atoms with E-state index < -0.39 is 0 Å². The summed E-state index contributed by atoms with van der Waals surface area (Å²) < 4.78 is 22.2. The maximum atomic E-state index is 15.1. The molecule has 5 rings (SSSR count). The van der Waals surface area contributed by atoms with Crippen LogP contribution < -0.4 is 4.74 Å². The molecule has 3 aromatic rings. The molecule has 32 heavy (non-hydrogen) atoms. The molecule has 1 saturated carbocycles. The number of rotatable bonds is 6. The maximum absolute atomic E-state index is 15.1. The Bertz CT molecular complexity index is 1160. The summed E-state index contributed by atoms with van der Waals surface area (Å²) in [6.07, 6.45) is 4.62. The van der Waals surface area contributed by atoms with Crippen molar-refractivity contribution in [3.63, 3.8) is 0 Å². The first-order chi connectivity index (χ1) is 15.5. The van der Waals surface area contributed by atoms with Gasteiger partial charge in [0.25, 0.3) is 0 Å². The maximum Gasteiger partial charge on any atom is 0.225 e. The van der Waals surface area contributed by atoms with E-state index in [0.29, 0.717) is 40.2 Å². The van der Waals surface area contributed by atoms with Gasteiger partial charge < -0.3 is 14.2 Å². The second kappa shape index (κ2) is 8.54. The minimum atomic E-state index is -0.374. The summed E-state index contributed by atoms with van der Waals surface area (Å²) in [6, 6.07) is 10.4. The number of aromatic nitrogens is 3. The molecule has 2 aliphatic rings. The average molecular weight is 455 g/mol. The Hall–Kier alpha value is -2.93. The molecule has 2 fully saturated rings. The highest BCUT2D eigenvalue weighted by Gasteiger charge is 2.36. The van der Waals surface area contributed by atoms with Crippen molar-refractivity contribution < 1.29 is 13.9 Å². The molecule has 1 aliphatic carbocycles. The van der Waals surface area contributed by atoms with Crippen molar-refractivity contribution in [3.8, 4) is 28.3 Å². The Morgan fingerprint density at radius 3 is 2.69 bits per heavy atom. The lowest BCUT2D eigenvalue weighted by Gasteiger charge is -2.17. The Morgan fingerprint density at radius 2 is 1.97 bits per heavy atom. The van der Waals surface area contributed by atoms with Crippen molar-refractivity contribution >= 4 is 17.5 Å². The summed E-state index contributed by atoms with van der Waals surface area (Å²) >= 11 is 6.22. The number of methoxy groups -OCH3 is 1. The summed E-state index contributed by atoms with van der Waals surface area (Å²) in [5, 5.41) is 8.67. The van der Waals surface area contributed by atoms with Gasteiger partial charge >= 0.3 is 0 Å². The van der Waals surface area contributed by atoms with Gasteiger partial charge in [0.2, 0.25) is 5.91 Å². The van der Waals surface area contributed by atoms with Crippen LogP contribution in [0, 0.1) is 17.7 Å². The topological polar surface area (TPSA) is 60.3 Å². The molecule has 1 saturated heterocycles. The van der Waals surface area contributed by atoms with Crippen LogP contribution >= 0.6 is 11.6 Å². The van der Waals surface area contributed by atoms with Gasteiger partial charge in [-0.25, -0.2) is 4.39 Å². The molecule has 1 aromatic heterocycles. The van der Waals surface area contributed by atoms with Crippen molar-refractivity contribution in [2.45, 2.75) is 25.8 Å². The van der Waals surface area contributed by atoms with E-state index in [1.807, 2.05) is 21.6 Å². The molecule has 1 atom stereocenters. The van der Waals surface area contributed by atoms with Gasteiger partial charge in [-0.15, -0.1) is 10.2 Å². The predicted octanol–water partition coefficient (Wildman–Crippen LogP) is 4.67. The third kappa shape index (κ3) is 4.09. The number of hydrogen-bond donors (Lipinski definition) is 0. The van der Waals surface area contributed by atoms with Gasteiger partial charge in [0.05, 0.1) is 17.7 Å². The Labute approximate surface area is 191 Å².